The number of methoxy groups -OCH3 is 1. The molecule has 1 amide bonds. The summed E-state index contributed by atoms with van der Waals surface area (Å²) >= 11 is 0. The fourth-order valence-electron chi connectivity index (χ4n) is 3.52. The molecule has 2 heterocycles. The molecule has 0 saturated carbocycles. The number of pyridine rings is 1. The number of hydrogen-bond acceptors (Lipinski definition) is 3. The largest absolute Gasteiger partial charge is 0.385 e. The molecule has 1 aromatic heterocycles. The Labute approximate surface area is 141 Å². The Bertz CT molecular complexity index is 769. The van der Waals surface area contributed by atoms with Gasteiger partial charge in [0.2, 0.25) is 5.91 Å². The van der Waals surface area contributed by atoms with Crippen molar-refractivity contribution in [3.05, 3.63) is 46.8 Å². The van der Waals surface area contributed by atoms with Gasteiger partial charge < -0.3 is 9.64 Å². The zero-order valence-electron chi connectivity index (χ0n) is 14.1. The molecule has 1 atom stereocenters. The summed E-state index contributed by atoms with van der Waals surface area (Å²) in [5, 5.41) is 0.972. The predicted molar refractivity (Wildman–Crippen MR) is 94.1 cm³/mol. The SMILES string of the molecule is COCC[C@@H]1CCCCN1C(=O)Cn1c(=O)ccc2ccccc21. The van der Waals surface area contributed by atoms with Gasteiger partial charge in [-0.15, -0.1) is 0 Å². The second-order valence-electron chi connectivity index (χ2n) is 6.33. The minimum atomic E-state index is -0.132. The third-order valence-electron chi connectivity index (χ3n) is 4.80. The fraction of sp³-hybridized carbons (Fsp3) is 0.474. The average Bonchev–Trinajstić information content (AvgIpc) is 2.62. The summed E-state index contributed by atoms with van der Waals surface area (Å²) in [6.45, 7) is 1.53. The lowest BCUT2D eigenvalue weighted by molar-refractivity contribution is -0.135. The van der Waals surface area contributed by atoms with Gasteiger partial charge in [-0.1, -0.05) is 18.2 Å². The van der Waals surface area contributed by atoms with Crippen molar-refractivity contribution in [3.8, 4) is 0 Å². The number of fused-ring (bicyclic) bond motifs is 1. The topological polar surface area (TPSA) is 51.5 Å². The van der Waals surface area contributed by atoms with Crippen molar-refractivity contribution >= 4 is 16.8 Å². The number of carbonyl (C=O) groups is 1. The van der Waals surface area contributed by atoms with Crippen LogP contribution in [0.25, 0.3) is 10.9 Å². The van der Waals surface area contributed by atoms with Crippen LogP contribution in [0.15, 0.2) is 41.2 Å². The zero-order valence-corrected chi connectivity index (χ0v) is 14.1. The molecular formula is C19H24N2O3. The van der Waals surface area contributed by atoms with E-state index in [1.165, 1.54) is 6.07 Å². The van der Waals surface area contributed by atoms with Crippen LogP contribution in [0.3, 0.4) is 0 Å². The van der Waals surface area contributed by atoms with Crippen molar-refractivity contribution in [3.63, 3.8) is 0 Å². The summed E-state index contributed by atoms with van der Waals surface area (Å²) in [5.74, 6) is 0.0225. The highest BCUT2D eigenvalue weighted by atomic mass is 16.5. The van der Waals surface area contributed by atoms with E-state index < -0.39 is 0 Å². The Morgan fingerprint density at radius 3 is 2.88 bits per heavy atom. The lowest BCUT2D eigenvalue weighted by atomic mass is 9.99. The van der Waals surface area contributed by atoms with E-state index in [-0.39, 0.29) is 24.1 Å². The van der Waals surface area contributed by atoms with Crippen molar-refractivity contribution in [2.45, 2.75) is 38.3 Å². The molecule has 1 aliphatic rings. The highest BCUT2D eigenvalue weighted by molar-refractivity contribution is 5.82. The van der Waals surface area contributed by atoms with E-state index in [0.717, 1.165) is 43.1 Å². The van der Waals surface area contributed by atoms with Gasteiger partial charge in [-0.25, -0.2) is 0 Å². The summed E-state index contributed by atoms with van der Waals surface area (Å²) in [7, 11) is 1.69. The molecule has 5 nitrogen and oxygen atoms in total. The molecule has 0 N–H and O–H groups in total. The maximum atomic E-state index is 12.9. The Balaban J connectivity index is 1.83. The van der Waals surface area contributed by atoms with Gasteiger partial charge in [0.15, 0.2) is 0 Å². The molecule has 2 aromatic rings. The highest BCUT2D eigenvalue weighted by Crippen LogP contribution is 2.20. The van der Waals surface area contributed by atoms with Crippen molar-refractivity contribution in [1.29, 1.82) is 0 Å². The first-order chi connectivity index (χ1) is 11.7. The molecule has 0 unspecified atom stereocenters. The van der Waals surface area contributed by atoms with Crippen LogP contribution in [0.2, 0.25) is 0 Å². The number of aromatic nitrogens is 1. The first kappa shape index (κ1) is 16.7. The van der Waals surface area contributed by atoms with Crippen LogP contribution >= 0.6 is 0 Å². The summed E-state index contributed by atoms with van der Waals surface area (Å²) in [6, 6.07) is 11.2. The van der Waals surface area contributed by atoms with E-state index in [0.29, 0.717) is 6.61 Å². The van der Waals surface area contributed by atoms with Crippen LogP contribution in [0.1, 0.15) is 25.7 Å². The van der Waals surface area contributed by atoms with Gasteiger partial charge in [-0.2, -0.15) is 0 Å². The van der Waals surface area contributed by atoms with Crippen LogP contribution in [-0.2, 0) is 16.1 Å². The maximum absolute atomic E-state index is 12.9. The zero-order chi connectivity index (χ0) is 16.9. The first-order valence-corrected chi connectivity index (χ1v) is 8.57. The van der Waals surface area contributed by atoms with Crippen LogP contribution in [-0.4, -0.2) is 41.7 Å². The fourth-order valence-corrected chi connectivity index (χ4v) is 3.52. The average molecular weight is 328 g/mol. The van der Waals surface area contributed by atoms with E-state index in [2.05, 4.69) is 0 Å². The molecule has 3 rings (SSSR count). The molecule has 5 heteroatoms. The van der Waals surface area contributed by atoms with Crippen molar-refractivity contribution in [1.82, 2.24) is 9.47 Å². The number of ether oxygens (including phenoxy) is 1. The summed E-state index contributed by atoms with van der Waals surface area (Å²) in [4.78, 5) is 27.1. The third kappa shape index (κ3) is 3.51. The van der Waals surface area contributed by atoms with E-state index in [1.54, 1.807) is 17.7 Å². The number of rotatable bonds is 5. The molecule has 0 bridgehead atoms. The minimum Gasteiger partial charge on any atom is -0.385 e. The Morgan fingerprint density at radius 2 is 2.04 bits per heavy atom. The number of likely N-dealkylation sites (tertiary alicyclic amines) is 1. The van der Waals surface area contributed by atoms with E-state index >= 15 is 0 Å². The molecule has 1 aromatic carbocycles. The van der Waals surface area contributed by atoms with Gasteiger partial charge in [0.05, 0.1) is 5.52 Å². The molecule has 1 saturated heterocycles. The normalized spacial score (nSPS) is 18.0. The lowest BCUT2D eigenvalue weighted by Gasteiger charge is -2.36. The molecule has 0 radical (unpaired) electrons. The van der Waals surface area contributed by atoms with E-state index in [1.807, 2.05) is 29.2 Å². The number of amides is 1. The van der Waals surface area contributed by atoms with E-state index in [9.17, 15) is 9.59 Å². The number of carbonyl (C=O) groups excluding carboxylic acids is 1. The molecule has 0 aliphatic carbocycles. The Hall–Kier alpha value is -2.14. The smallest absolute Gasteiger partial charge is 0.251 e. The quantitative estimate of drug-likeness (QED) is 0.847. The van der Waals surface area contributed by atoms with Gasteiger partial charge in [0.1, 0.15) is 6.54 Å². The molecule has 0 spiro atoms. The van der Waals surface area contributed by atoms with E-state index in [4.69, 9.17) is 4.74 Å². The third-order valence-corrected chi connectivity index (χ3v) is 4.80. The number of benzene rings is 1. The summed E-state index contributed by atoms with van der Waals surface area (Å²) in [5.41, 5.74) is 0.677. The van der Waals surface area contributed by atoms with Crippen LogP contribution in [0.5, 0.6) is 0 Å². The molecular weight excluding hydrogens is 304 g/mol. The number of para-hydroxylation sites is 1. The monoisotopic (exact) mass is 328 g/mol. The van der Waals surface area contributed by atoms with Crippen molar-refractivity contribution in [2.24, 2.45) is 0 Å². The molecule has 24 heavy (non-hydrogen) atoms. The standard InChI is InChI=1S/C19H24N2O3/c1-24-13-11-16-7-4-5-12-20(16)19(23)14-21-17-8-3-2-6-15(17)9-10-18(21)22/h2-3,6,8-10,16H,4-5,7,11-14H2,1H3/t16-/m0/s1. The second kappa shape index (κ2) is 7.62. The van der Waals surface area contributed by atoms with Gasteiger partial charge in [-0.05, 0) is 43.2 Å². The van der Waals surface area contributed by atoms with Gasteiger partial charge in [-0.3, -0.25) is 14.2 Å². The predicted octanol–water partition coefficient (Wildman–Crippen LogP) is 2.42. The molecule has 1 fully saturated rings. The Morgan fingerprint density at radius 1 is 1.21 bits per heavy atom. The number of hydrogen-bond donors (Lipinski definition) is 0. The Kier molecular flexibility index (Phi) is 5.30. The summed E-state index contributed by atoms with van der Waals surface area (Å²) in [6.07, 6.45) is 4.04. The summed E-state index contributed by atoms with van der Waals surface area (Å²) < 4.78 is 6.76. The first-order valence-electron chi connectivity index (χ1n) is 8.57. The minimum absolute atomic E-state index is 0.0225. The van der Waals surface area contributed by atoms with Crippen molar-refractivity contribution in [2.75, 3.05) is 20.3 Å². The van der Waals surface area contributed by atoms with Gasteiger partial charge in [0.25, 0.3) is 5.56 Å². The number of piperidine rings is 1. The second-order valence-corrected chi connectivity index (χ2v) is 6.33. The van der Waals surface area contributed by atoms with Gasteiger partial charge in [0, 0.05) is 32.4 Å². The lowest BCUT2D eigenvalue weighted by Crippen LogP contribution is -2.46. The van der Waals surface area contributed by atoms with Gasteiger partial charge >= 0.3 is 0 Å². The maximum Gasteiger partial charge on any atom is 0.251 e. The van der Waals surface area contributed by atoms with Crippen molar-refractivity contribution < 1.29 is 9.53 Å². The molecule has 128 valence electrons. The van der Waals surface area contributed by atoms with Crippen LogP contribution < -0.4 is 5.56 Å². The number of nitrogens with zero attached hydrogens (tertiary/aromatic N) is 2. The van der Waals surface area contributed by atoms with Crippen LogP contribution in [0, 0.1) is 0 Å². The van der Waals surface area contributed by atoms with Crippen LogP contribution in [0.4, 0.5) is 0 Å². The highest BCUT2D eigenvalue weighted by Gasteiger charge is 2.26. The molecule has 1 aliphatic heterocycles.